The zero-order valence-corrected chi connectivity index (χ0v) is 11.7. The molecule has 1 aromatic heterocycles. The van der Waals surface area contributed by atoms with Gasteiger partial charge in [0.1, 0.15) is 6.04 Å². The number of nitrogens with zero attached hydrogens (tertiary/aromatic N) is 1. The number of aromatic amines is 1. The van der Waals surface area contributed by atoms with Gasteiger partial charge in [0.2, 0.25) is 17.8 Å². The highest BCUT2D eigenvalue weighted by Gasteiger charge is 2.23. The van der Waals surface area contributed by atoms with Crippen molar-refractivity contribution in [1.82, 2.24) is 15.3 Å². The number of hydrogen-bond donors (Lipinski definition) is 3. The van der Waals surface area contributed by atoms with Crippen LogP contribution < -0.4 is 10.6 Å². The SMILES string of the molecule is CC(=O)N[C@@H](C(=O)Nc1nc2ccccc2[nH]1)C(C)C. The molecule has 0 aliphatic carbocycles. The number of rotatable bonds is 4. The van der Waals surface area contributed by atoms with E-state index >= 15 is 0 Å². The normalized spacial score (nSPS) is 12.4. The lowest BCUT2D eigenvalue weighted by atomic mass is 10.0. The Hall–Kier alpha value is -2.37. The highest BCUT2D eigenvalue weighted by molar-refractivity contribution is 5.97. The van der Waals surface area contributed by atoms with Crippen LogP contribution in [0.5, 0.6) is 0 Å². The van der Waals surface area contributed by atoms with Crippen LogP contribution in [0.3, 0.4) is 0 Å². The quantitative estimate of drug-likeness (QED) is 0.792. The van der Waals surface area contributed by atoms with E-state index in [-0.39, 0.29) is 17.7 Å². The Bertz CT molecular complexity index is 600. The second kappa shape index (κ2) is 5.73. The van der Waals surface area contributed by atoms with Crippen LogP contribution in [-0.4, -0.2) is 27.8 Å². The Balaban J connectivity index is 2.14. The maximum Gasteiger partial charge on any atom is 0.249 e. The van der Waals surface area contributed by atoms with E-state index in [4.69, 9.17) is 0 Å². The second-order valence-corrected chi connectivity index (χ2v) is 5.01. The molecule has 2 amide bonds. The van der Waals surface area contributed by atoms with Crippen molar-refractivity contribution in [1.29, 1.82) is 0 Å². The number of H-pyrrole nitrogens is 1. The number of nitrogens with one attached hydrogen (secondary N) is 3. The van der Waals surface area contributed by atoms with Crippen molar-refractivity contribution >= 4 is 28.8 Å². The van der Waals surface area contributed by atoms with Gasteiger partial charge in [-0.25, -0.2) is 4.98 Å². The third kappa shape index (κ3) is 3.14. The maximum atomic E-state index is 12.2. The van der Waals surface area contributed by atoms with Gasteiger partial charge in [0.15, 0.2) is 0 Å². The Morgan fingerprint density at radius 2 is 1.95 bits per heavy atom. The fraction of sp³-hybridized carbons (Fsp3) is 0.357. The van der Waals surface area contributed by atoms with Gasteiger partial charge in [-0.3, -0.25) is 14.9 Å². The summed E-state index contributed by atoms with van der Waals surface area (Å²) in [5.74, 6) is -0.145. The van der Waals surface area contributed by atoms with E-state index in [1.807, 2.05) is 38.1 Å². The van der Waals surface area contributed by atoms with Crippen molar-refractivity contribution < 1.29 is 9.59 Å². The van der Waals surface area contributed by atoms with Crippen LogP contribution in [0.15, 0.2) is 24.3 Å². The van der Waals surface area contributed by atoms with E-state index in [0.717, 1.165) is 11.0 Å². The van der Waals surface area contributed by atoms with Gasteiger partial charge in [-0.1, -0.05) is 26.0 Å². The van der Waals surface area contributed by atoms with Gasteiger partial charge in [0.25, 0.3) is 0 Å². The molecule has 6 heteroatoms. The van der Waals surface area contributed by atoms with Crippen molar-refractivity contribution in [2.45, 2.75) is 26.8 Å². The number of benzene rings is 1. The molecule has 3 N–H and O–H groups in total. The molecule has 2 aromatic rings. The molecule has 1 atom stereocenters. The number of anilines is 1. The minimum atomic E-state index is -0.583. The number of fused-ring (bicyclic) bond motifs is 1. The van der Waals surface area contributed by atoms with Gasteiger partial charge in [0, 0.05) is 6.92 Å². The monoisotopic (exact) mass is 274 g/mol. The fourth-order valence-corrected chi connectivity index (χ4v) is 1.96. The molecule has 1 aromatic carbocycles. The van der Waals surface area contributed by atoms with Gasteiger partial charge in [0.05, 0.1) is 11.0 Å². The van der Waals surface area contributed by atoms with Crippen LogP contribution in [0.2, 0.25) is 0 Å². The van der Waals surface area contributed by atoms with Crippen LogP contribution in [-0.2, 0) is 9.59 Å². The van der Waals surface area contributed by atoms with E-state index in [2.05, 4.69) is 20.6 Å². The summed E-state index contributed by atoms with van der Waals surface area (Å²) in [7, 11) is 0. The highest BCUT2D eigenvalue weighted by Crippen LogP contribution is 2.14. The lowest BCUT2D eigenvalue weighted by Gasteiger charge is -2.20. The first-order chi connectivity index (χ1) is 9.47. The molecule has 0 unspecified atom stereocenters. The van der Waals surface area contributed by atoms with Gasteiger partial charge in [-0.2, -0.15) is 0 Å². The number of hydrogen-bond acceptors (Lipinski definition) is 3. The Kier molecular flexibility index (Phi) is 4.02. The molecule has 0 spiro atoms. The van der Waals surface area contributed by atoms with Crippen molar-refractivity contribution in [3.8, 4) is 0 Å². The van der Waals surface area contributed by atoms with E-state index in [1.165, 1.54) is 6.92 Å². The first-order valence-electron chi connectivity index (χ1n) is 6.50. The Morgan fingerprint density at radius 3 is 2.55 bits per heavy atom. The van der Waals surface area contributed by atoms with Crippen molar-refractivity contribution in [2.75, 3.05) is 5.32 Å². The molecule has 0 radical (unpaired) electrons. The van der Waals surface area contributed by atoms with E-state index in [1.54, 1.807) is 0 Å². The smallest absolute Gasteiger partial charge is 0.249 e. The minimum Gasteiger partial charge on any atom is -0.344 e. The second-order valence-electron chi connectivity index (χ2n) is 5.01. The lowest BCUT2D eigenvalue weighted by molar-refractivity contribution is -0.126. The average Bonchev–Trinajstić information content (AvgIpc) is 2.77. The maximum absolute atomic E-state index is 12.2. The molecule has 0 aliphatic heterocycles. The molecule has 2 rings (SSSR count). The van der Waals surface area contributed by atoms with E-state index in [0.29, 0.717) is 5.95 Å². The zero-order valence-electron chi connectivity index (χ0n) is 11.7. The van der Waals surface area contributed by atoms with Crippen LogP contribution in [0.25, 0.3) is 11.0 Å². The number of imidazole rings is 1. The average molecular weight is 274 g/mol. The van der Waals surface area contributed by atoms with E-state index in [9.17, 15) is 9.59 Å². The van der Waals surface area contributed by atoms with Crippen LogP contribution in [0.1, 0.15) is 20.8 Å². The number of amides is 2. The molecule has 6 nitrogen and oxygen atoms in total. The Labute approximate surface area is 117 Å². The predicted molar refractivity (Wildman–Crippen MR) is 77.2 cm³/mol. The molecule has 0 bridgehead atoms. The van der Waals surface area contributed by atoms with Gasteiger partial charge in [-0.05, 0) is 18.1 Å². The first kappa shape index (κ1) is 14.0. The standard InChI is InChI=1S/C14H18N4O2/c1-8(2)12(15-9(3)19)13(20)18-14-16-10-6-4-5-7-11(10)17-14/h4-8,12H,1-3H3,(H,15,19)(H2,16,17,18,20)/t12-/m1/s1. The largest absolute Gasteiger partial charge is 0.344 e. The molecule has 0 fully saturated rings. The van der Waals surface area contributed by atoms with Gasteiger partial charge in [-0.15, -0.1) is 0 Å². The number of carbonyl (C=O) groups is 2. The summed E-state index contributed by atoms with van der Waals surface area (Å²) in [4.78, 5) is 30.6. The van der Waals surface area contributed by atoms with E-state index < -0.39 is 6.04 Å². The summed E-state index contributed by atoms with van der Waals surface area (Å²) in [5, 5.41) is 5.34. The van der Waals surface area contributed by atoms with Crippen LogP contribution >= 0.6 is 0 Å². The van der Waals surface area contributed by atoms with Crippen molar-refractivity contribution in [3.63, 3.8) is 0 Å². The number of aromatic nitrogens is 2. The summed E-state index contributed by atoms with van der Waals surface area (Å²) >= 11 is 0. The lowest BCUT2D eigenvalue weighted by Crippen LogP contribution is -2.46. The summed E-state index contributed by atoms with van der Waals surface area (Å²) in [6, 6.07) is 6.92. The summed E-state index contributed by atoms with van der Waals surface area (Å²) in [6.45, 7) is 5.14. The van der Waals surface area contributed by atoms with Crippen LogP contribution in [0, 0.1) is 5.92 Å². The third-order valence-electron chi connectivity index (χ3n) is 2.94. The predicted octanol–water partition coefficient (Wildman–Crippen LogP) is 1.66. The molecule has 0 aliphatic rings. The topological polar surface area (TPSA) is 86.9 Å². The molecule has 0 saturated heterocycles. The van der Waals surface area contributed by atoms with Crippen molar-refractivity contribution in [2.24, 2.45) is 5.92 Å². The molecular formula is C14H18N4O2. The van der Waals surface area contributed by atoms with Gasteiger partial charge < -0.3 is 10.3 Å². The fourth-order valence-electron chi connectivity index (χ4n) is 1.96. The number of para-hydroxylation sites is 2. The summed E-state index contributed by atoms with van der Waals surface area (Å²) in [5.41, 5.74) is 1.63. The van der Waals surface area contributed by atoms with Gasteiger partial charge >= 0.3 is 0 Å². The number of carbonyl (C=O) groups excluding carboxylic acids is 2. The molecule has 106 valence electrons. The third-order valence-corrected chi connectivity index (χ3v) is 2.94. The molecule has 1 heterocycles. The van der Waals surface area contributed by atoms with Crippen LogP contribution in [0.4, 0.5) is 5.95 Å². The van der Waals surface area contributed by atoms with Crippen molar-refractivity contribution in [3.05, 3.63) is 24.3 Å². The molecular weight excluding hydrogens is 256 g/mol. The molecule has 0 saturated carbocycles. The first-order valence-corrected chi connectivity index (χ1v) is 6.50. The molecule has 20 heavy (non-hydrogen) atoms. The Morgan fingerprint density at radius 1 is 1.25 bits per heavy atom. The zero-order chi connectivity index (χ0) is 14.7. The summed E-state index contributed by atoms with van der Waals surface area (Å²) in [6.07, 6.45) is 0. The highest BCUT2D eigenvalue weighted by atomic mass is 16.2. The minimum absolute atomic E-state index is 0.0109. The summed E-state index contributed by atoms with van der Waals surface area (Å²) < 4.78 is 0.